The van der Waals surface area contributed by atoms with Crippen molar-refractivity contribution in [3.05, 3.63) is 21.9 Å². The van der Waals surface area contributed by atoms with Crippen LogP contribution in [0.25, 0.3) is 0 Å². The van der Waals surface area contributed by atoms with Gasteiger partial charge in [0.25, 0.3) is 0 Å². The molecule has 1 fully saturated rings. The van der Waals surface area contributed by atoms with Crippen LogP contribution in [0.5, 0.6) is 0 Å². The lowest BCUT2D eigenvalue weighted by Crippen LogP contribution is -2.57. The molecule has 5 heteroatoms. The number of carbonyl (C=O) groups excluding carboxylic acids is 2. The van der Waals surface area contributed by atoms with Gasteiger partial charge in [-0.1, -0.05) is 20.8 Å². The maximum Gasteiger partial charge on any atom is 0.245 e. The number of nitrogens with one attached hydrogen (secondary N) is 1. The summed E-state index contributed by atoms with van der Waals surface area (Å²) in [5.74, 6) is 0.380. The molecular formula is C15H22N2O2S. The van der Waals surface area contributed by atoms with Crippen molar-refractivity contribution in [1.29, 1.82) is 0 Å². The topological polar surface area (TPSA) is 49.4 Å². The Morgan fingerprint density at radius 2 is 2.05 bits per heavy atom. The largest absolute Gasteiger partial charge is 0.343 e. The van der Waals surface area contributed by atoms with Crippen LogP contribution in [-0.2, 0) is 22.6 Å². The van der Waals surface area contributed by atoms with Crippen LogP contribution in [0.4, 0.5) is 0 Å². The molecule has 0 aromatic carbocycles. The quantitative estimate of drug-likeness (QED) is 0.905. The van der Waals surface area contributed by atoms with E-state index < -0.39 is 0 Å². The number of hydrogen-bond acceptors (Lipinski definition) is 3. The molecule has 1 aliphatic heterocycles. The number of amides is 2. The Labute approximate surface area is 124 Å². The zero-order valence-corrected chi connectivity index (χ0v) is 13.1. The molecular weight excluding hydrogens is 272 g/mol. The second-order valence-electron chi connectivity index (χ2n) is 5.67. The molecule has 1 unspecified atom stereocenters. The predicted octanol–water partition coefficient (Wildman–Crippen LogP) is 2.18. The highest BCUT2D eigenvalue weighted by atomic mass is 32.1. The predicted molar refractivity (Wildman–Crippen MR) is 80.5 cm³/mol. The van der Waals surface area contributed by atoms with Gasteiger partial charge in [-0.25, -0.2) is 0 Å². The summed E-state index contributed by atoms with van der Waals surface area (Å²) in [6, 6.07) is 3.79. The van der Waals surface area contributed by atoms with Crippen LogP contribution in [-0.4, -0.2) is 29.3 Å². The van der Waals surface area contributed by atoms with E-state index in [0.717, 1.165) is 11.3 Å². The summed E-state index contributed by atoms with van der Waals surface area (Å²) in [6.45, 7) is 6.96. The molecule has 1 atom stereocenters. The molecule has 110 valence electrons. The highest BCUT2D eigenvalue weighted by Crippen LogP contribution is 2.20. The lowest BCUT2D eigenvalue weighted by Gasteiger charge is -2.33. The number of nitrogens with zero attached hydrogens (tertiary/aromatic N) is 1. The van der Waals surface area contributed by atoms with E-state index in [0.29, 0.717) is 18.9 Å². The SMILES string of the molecule is CCc1ccc(CN2CC(=O)NC(CC(C)C)C2=O)s1. The van der Waals surface area contributed by atoms with Crippen molar-refractivity contribution in [2.75, 3.05) is 6.54 Å². The number of thiophene rings is 1. The van der Waals surface area contributed by atoms with E-state index in [4.69, 9.17) is 0 Å². The third-order valence-corrected chi connectivity index (χ3v) is 4.61. The van der Waals surface area contributed by atoms with Crippen molar-refractivity contribution in [2.45, 2.75) is 46.2 Å². The van der Waals surface area contributed by atoms with Crippen molar-refractivity contribution in [1.82, 2.24) is 10.2 Å². The number of piperazine rings is 1. The van der Waals surface area contributed by atoms with Crippen LogP contribution >= 0.6 is 11.3 Å². The summed E-state index contributed by atoms with van der Waals surface area (Å²) in [7, 11) is 0. The Kier molecular flexibility index (Phi) is 4.81. The van der Waals surface area contributed by atoms with Gasteiger partial charge >= 0.3 is 0 Å². The Morgan fingerprint density at radius 1 is 1.35 bits per heavy atom. The fraction of sp³-hybridized carbons (Fsp3) is 0.600. The number of carbonyl (C=O) groups is 2. The van der Waals surface area contributed by atoms with Crippen LogP contribution < -0.4 is 5.32 Å². The smallest absolute Gasteiger partial charge is 0.245 e. The molecule has 1 aliphatic rings. The van der Waals surface area contributed by atoms with Gasteiger partial charge in [0.15, 0.2) is 0 Å². The Bertz CT molecular complexity index is 496. The molecule has 2 amide bonds. The first-order valence-corrected chi connectivity index (χ1v) is 7.97. The van der Waals surface area contributed by atoms with Gasteiger partial charge in [0.2, 0.25) is 11.8 Å². The molecule has 1 aromatic rings. The van der Waals surface area contributed by atoms with Gasteiger partial charge in [0.05, 0.1) is 13.1 Å². The monoisotopic (exact) mass is 294 g/mol. The molecule has 4 nitrogen and oxygen atoms in total. The van der Waals surface area contributed by atoms with Crippen molar-refractivity contribution >= 4 is 23.2 Å². The molecule has 2 rings (SSSR count). The summed E-state index contributed by atoms with van der Waals surface area (Å²) >= 11 is 1.72. The Balaban J connectivity index is 2.05. The molecule has 0 saturated carbocycles. The number of rotatable bonds is 5. The maximum atomic E-state index is 12.4. The van der Waals surface area contributed by atoms with Gasteiger partial charge in [0.1, 0.15) is 6.04 Å². The van der Waals surface area contributed by atoms with Crippen LogP contribution in [0.1, 0.15) is 36.9 Å². The number of hydrogen-bond donors (Lipinski definition) is 1. The molecule has 0 spiro atoms. The fourth-order valence-electron chi connectivity index (χ4n) is 2.42. The van der Waals surface area contributed by atoms with Gasteiger partial charge in [-0.05, 0) is 30.9 Å². The Morgan fingerprint density at radius 3 is 2.65 bits per heavy atom. The van der Waals surface area contributed by atoms with E-state index >= 15 is 0 Å². The third-order valence-electron chi connectivity index (χ3n) is 3.40. The zero-order chi connectivity index (χ0) is 14.7. The highest BCUT2D eigenvalue weighted by Gasteiger charge is 2.32. The second kappa shape index (κ2) is 6.39. The fourth-order valence-corrected chi connectivity index (χ4v) is 3.40. The summed E-state index contributed by atoms with van der Waals surface area (Å²) in [5, 5.41) is 2.80. The standard InChI is InChI=1S/C15H22N2O2S/c1-4-11-5-6-12(20-11)8-17-9-14(18)16-13(15(17)19)7-10(2)3/h5-6,10,13H,4,7-9H2,1-3H3,(H,16,18). The molecule has 0 aliphatic carbocycles. The zero-order valence-electron chi connectivity index (χ0n) is 12.3. The first kappa shape index (κ1) is 15.0. The van der Waals surface area contributed by atoms with E-state index in [9.17, 15) is 9.59 Å². The molecule has 1 aromatic heterocycles. The van der Waals surface area contributed by atoms with Gasteiger partial charge in [-0.15, -0.1) is 11.3 Å². The lowest BCUT2D eigenvalue weighted by atomic mass is 10.0. The van der Waals surface area contributed by atoms with E-state index in [1.807, 2.05) is 0 Å². The van der Waals surface area contributed by atoms with Crippen molar-refractivity contribution in [3.63, 3.8) is 0 Å². The number of aryl methyl sites for hydroxylation is 1. The van der Waals surface area contributed by atoms with E-state index in [1.54, 1.807) is 16.2 Å². The van der Waals surface area contributed by atoms with Crippen LogP contribution in [0.2, 0.25) is 0 Å². The van der Waals surface area contributed by atoms with Crippen LogP contribution in [0, 0.1) is 5.92 Å². The van der Waals surface area contributed by atoms with Crippen molar-refractivity contribution in [2.24, 2.45) is 5.92 Å². The normalized spacial score (nSPS) is 19.6. The summed E-state index contributed by atoms with van der Waals surface area (Å²) in [4.78, 5) is 28.3. The first-order valence-electron chi connectivity index (χ1n) is 7.15. The van der Waals surface area contributed by atoms with Gasteiger partial charge in [0, 0.05) is 9.75 Å². The average molecular weight is 294 g/mol. The lowest BCUT2D eigenvalue weighted by molar-refractivity contribution is -0.145. The van der Waals surface area contributed by atoms with E-state index in [1.165, 1.54) is 4.88 Å². The molecule has 20 heavy (non-hydrogen) atoms. The average Bonchev–Trinajstić information content (AvgIpc) is 2.82. The van der Waals surface area contributed by atoms with Gasteiger partial charge < -0.3 is 10.2 Å². The van der Waals surface area contributed by atoms with Gasteiger partial charge in [-0.3, -0.25) is 9.59 Å². The van der Waals surface area contributed by atoms with Crippen LogP contribution in [0.15, 0.2) is 12.1 Å². The van der Waals surface area contributed by atoms with Gasteiger partial charge in [-0.2, -0.15) is 0 Å². The molecule has 1 saturated heterocycles. The first-order chi connectivity index (χ1) is 9.49. The van der Waals surface area contributed by atoms with E-state index in [2.05, 4.69) is 38.2 Å². The minimum Gasteiger partial charge on any atom is -0.343 e. The van der Waals surface area contributed by atoms with E-state index in [-0.39, 0.29) is 24.4 Å². The molecule has 0 bridgehead atoms. The third kappa shape index (κ3) is 3.60. The van der Waals surface area contributed by atoms with Crippen LogP contribution in [0.3, 0.4) is 0 Å². The minimum atomic E-state index is -0.359. The Hall–Kier alpha value is -1.36. The highest BCUT2D eigenvalue weighted by molar-refractivity contribution is 7.11. The minimum absolute atomic E-state index is 0.0461. The van der Waals surface area contributed by atoms with Crippen molar-refractivity contribution < 1.29 is 9.59 Å². The van der Waals surface area contributed by atoms with Crippen molar-refractivity contribution in [3.8, 4) is 0 Å². The molecule has 1 N–H and O–H groups in total. The molecule has 2 heterocycles. The molecule has 0 radical (unpaired) electrons. The maximum absolute atomic E-state index is 12.4. The summed E-state index contributed by atoms with van der Waals surface area (Å²) in [5.41, 5.74) is 0. The summed E-state index contributed by atoms with van der Waals surface area (Å²) in [6.07, 6.45) is 1.71. The second-order valence-corrected chi connectivity index (χ2v) is 6.92. The summed E-state index contributed by atoms with van der Waals surface area (Å²) < 4.78 is 0.